The molecule has 0 amide bonds. The smallest absolute Gasteiger partial charge is 0.134 e. The lowest BCUT2D eigenvalue weighted by atomic mass is 10.1. The zero-order chi connectivity index (χ0) is 11.4. The molecule has 2 heteroatoms. The fourth-order valence-electron chi connectivity index (χ4n) is 2.26. The van der Waals surface area contributed by atoms with Crippen LogP contribution in [-0.4, -0.2) is 18.9 Å². The minimum atomic E-state index is 0.228. The van der Waals surface area contributed by atoms with Gasteiger partial charge < -0.3 is 4.90 Å². The molecule has 2 rings (SSSR count). The van der Waals surface area contributed by atoms with Gasteiger partial charge in [-0.05, 0) is 43.9 Å². The molecule has 0 saturated carbocycles. The number of hydrogen-bond donors (Lipinski definition) is 0. The van der Waals surface area contributed by atoms with Gasteiger partial charge in [0.1, 0.15) is 5.78 Å². The lowest BCUT2D eigenvalue weighted by Gasteiger charge is -2.28. The number of benzene rings is 1. The largest absolute Gasteiger partial charge is 0.372 e. The first kappa shape index (κ1) is 11.2. The molecule has 2 nitrogen and oxygen atoms in total. The number of carbonyl (C=O) groups is 1. The van der Waals surface area contributed by atoms with Crippen molar-refractivity contribution in [1.82, 2.24) is 0 Å². The summed E-state index contributed by atoms with van der Waals surface area (Å²) in [6.07, 6.45) is 4.52. The Kier molecular flexibility index (Phi) is 3.60. The van der Waals surface area contributed by atoms with Crippen molar-refractivity contribution in [3.63, 3.8) is 0 Å². The monoisotopic (exact) mass is 217 g/mol. The highest BCUT2D eigenvalue weighted by Crippen LogP contribution is 2.20. The van der Waals surface area contributed by atoms with Crippen LogP contribution in [0.25, 0.3) is 0 Å². The molecule has 0 aromatic heterocycles. The molecule has 1 aliphatic rings. The van der Waals surface area contributed by atoms with Gasteiger partial charge in [-0.2, -0.15) is 0 Å². The van der Waals surface area contributed by atoms with E-state index in [2.05, 4.69) is 29.2 Å². The summed E-state index contributed by atoms with van der Waals surface area (Å²) in [4.78, 5) is 13.4. The van der Waals surface area contributed by atoms with Gasteiger partial charge in [0.05, 0.1) is 0 Å². The fourth-order valence-corrected chi connectivity index (χ4v) is 2.26. The number of Topliss-reactive ketones (excluding diaryl/α,β-unsaturated/α-hetero) is 1. The van der Waals surface area contributed by atoms with Crippen LogP contribution in [0.15, 0.2) is 24.3 Å². The predicted octanol–water partition coefficient (Wildman–Crippen LogP) is 2.81. The number of ketones is 1. The molecule has 0 spiro atoms. The van der Waals surface area contributed by atoms with Gasteiger partial charge >= 0.3 is 0 Å². The molecule has 16 heavy (non-hydrogen) atoms. The van der Waals surface area contributed by atoms with E-state index in [1.807, 2.05) is 0 Å². The highest BCUT2D eigenvalue weighted by molar-refractivity contribution is 5.78. The third-order valence-corrected chi connectivity index (χ3v) is 3.11. The molecule has 1 aliphatic heterocycles. The number of anilines is 1. The minimum absolute atomic E-state index is 0.228. The van der Waals surface area contributed by atoms with Gasteiger partial charge in [-0.1, -0.05) is 12.1 Å². The van der Waals surface area contributed by atoms with Gasteiger partial charge in [0.2, 0.25) is 0 Å². The first-order chi connectivity index (χ1) is 7.75. The van der Waals surface area contributed by atoms with E-state index < -0.39 is 0 Å². The van der Waals surface area contributed by atoms with Crippen molar-refractivity contribution in [2.24, 2.45) is 0 Å². The van der Waals surface area contributed by atoms with Gasteiger partial charge in [-0.25, -0.2) is 0 Å². The molecule has 86 valence electrons. The third kappa shape index (κ3) is 2.84. The van der Waals surface area contributed by atoms with Gasteiger partial charge in [0, 0.05) is 25.2 Å². The Bertz CT molecular complexity index is 350. The van der Waals surface area contributed by atoms with E-state index in [1.54, 1.807) is 6.92 Å². The summed E-state index contributed by atoms with van der Waals surface area (Å²) in [5.41, 5.74) is 2.42. The van der Waals surface area contributed by atoms with Crippen LogP contribution in [0.3, 0.4) is 0 Å². The minimum Gasteiger partial charge on any atom is -0.372 e. The highest BCUT2D eigenvalue weighted by atomic mass is 16.1. The maximum atomic E-state index is 11.0. The van der Waals surface area contributed by atoms with Crippen LogP contribution in [0.5, 0.6) is 0 Å². The molecular weight excluding hydrogens is 198 g/mol. The molecule has 1 aromatic carbocycles. The van der Waals surface area contributed by atoms with Gasteiger partial charge in [-0.3, -0.25) is 4.79 Å². The van der Waals surface area contributed by atoms with E-state index in [9.17, 15) is 4.79 Å². The second kappa shape index (κ2) is 5.15. The van der Waals surface area contributed by atoms with Crippen LogP contribution in [0, 0.1) is 0 Å². The van der Waals surface area contributed by atoms with Crippen LogP contribution in [0.2, 0.25) is 0 Å². The number of nitrogens with zero attached hydrogens (tertiary/aromatic N) is 1. The summed E-state index contributed by atoms with van der Waals surface area (Å²) in [5.74, 6) is 0.228. The highest BCUT2D eigenvalue weighted by Gasteiger charge is 2.10. The molecule has 0 bridgehead atoms. The quantitative estimate of drug-likeness (QED) is 0.776. The van der Waals surface area contributed by atoms with E-state index >= 15 is 0 Å². The Morgan fingerprint density at radius 1 is 1.12 bits per heavy atom. The van der Waals surface area contributed by atoms with Crippen molar-refractivity contribution >= 4 is 11.5 Å². The van der Waals surface area contributed by atoms with Crippen molar-refractivity contribution in [3.05, 3.63) is 29.8 Å². The Morgan fingerprint density at radius 2 is 1.75 bits per heavy atom. The number of piperidine rings is 1. The lowest BCUT2D eigenvalue weighted by molar-refractivity contribution is -0.116. The maximum Gasteiger partial charge on any atom is 0.134 e. The summed E-state index contributed by atoms with van der Waals surface area (Å²) in [6.45, 7) is 3.98. The lowest BCUT2D eigenvalue weighted by Crippen LogP contribution is -2.29. The number of carbonyl (C=O) groups excluding carboxylic acids is 1. The molecule has 0 radical (unpaired) electrons. The molecule has 1 heterocycles. The van der Waals surface area contributed by atoms with E-state index in [0.717, 1.165) is 5.56 Å². The molecule has 0 unspecified atom stereocenters. The molecule has 0 aliphatic carbocycles. The van der Waals surface area contributed by atoms with Crippen LogP contribution >= 0.6 is 0 Å². The third-order valence-electron chi connectivity index (χ3n) is 3.11. The van der Waals surface area contributed by atoms with E-state index in [1.165, 1.54) is 38.0 Å². The first-order valence-corrected chi connectivity index (χ1v) is 6.09. The first-order valence-electron chi connectivity index (χ1n) is 6.09. The van der Waals surface area contributed by atoms with Crippen LogP contribution < -0.4 is 4.90 Å². The van der Waals surface area contributed by atoms with Gasteiger partial charge in [0.15, 0.2) is 0 Å². The Hall–Kier alpha value is -1.31. The van der Waals surface area contributed by atoms with Crippen molar-refractivity contribution in [1.29, 1.82) is 0 Å². The summed E-state index contributed by atoms with van der Waals surface area (Å²) in [5, 5.41) is 0. The zero-order valence-corrected chi connectivity index (χ0v) is 9.91. The second-order valence-corrected chi connectivity index (χ2v) is 4.59. The van der Waals surface area contributed by atoms with Crippen LogP contribution in [0.1, 0.15) is 31.7 Å². The van der Waals surface area contributed by atoms with Gasteiger partial charge in [-0.15, -0.1) is 0 Å². The molecule has 0 atom stereocenters. The van der Waals surface area contributed by atoms with Crippen LogP contribution in [0.4, 0.5) is 5.69 Å². The molecule has 1 aromatic rings. The van der Waals surface area contributed by atoms with Crippen molar-refractivity contribution in [2.45, 2.75) is 32.6 Å². The summed E-state index contributed by atoms with van der Waals surface area (Å²) in [7, 11) is 0. The maximum absolute atomic E-state index is 11.0. The van der Waals surface area contributed by atoms with E-state index in [-0.39, 0.29) is 5.78 Å². The van der Waals surface area contributed by atoms with Gasteiger partial charge in [0.25, 0.3) is 0 Å². The zero-order valence-electron chi connectivity index (χ0n) is 9.91. The van der Waals surface area contributed by atoms with Crippen molar-refractivity contribution in [2.75, 3.05) is 18.0 Å². The molecule has 1 fully saturated rings. The Labute approximate surface area is 97.3 Å². The Balaban J connectivity index is 2.03. The summed E-state index contributed by atoms with van der Waals surface area (Å²) < 4.78 is 0. The normalized spacial score (nSPS) is 16.2. The summed E-state index contributed by atoms with van der Waals surface area (Å²) in [6, 6.07) is 8.43. The van der Waals surface area contributed by atoms with Crippen molar-refractivity contribution in [3.8, 4) is 0 Å². The van der Waals surface area contributed by atoms with Crippen LogP contribution in [-0.2, 0) is 11.2 Å². The average molecular weight is 217 g/mol. The molecule has 0 N–H and O–H groups in total. The number of rotatable bonds is 3. The molecular formula is C14H19NO. The standard InChI is InChI=1S/C14H19NO/c1-12(16)11-13-5-7-14(8-6-13)15-9-3-2-4-10-15/h5-8H,2-4,9-11H2,1H3. The average Bonchev–Trinajstić information content (AvgIpc) is 2.30. The SMILES string of the molecule is CC(=O)Cc1ccc(N2CCCCC2)cc1. The number of hydrogen-bond acceptors (Lipinski definition) is 2. The molecule has 1 saturated heterocycles. The Morgan fingerprint density at radius 3 is 2.31 bits per heavy atom. The predicted molar refractivity (Wildman–Crippen MR) is 66.9 cm³/mol. The summed E-state index contributed by atoms with van der Waals surface area (Å²) >= 11 is 0. The van der Waals surface area contributed by atoms with E-state index in [4.69, 9.17) is 0 Å². The van der Waals surface area contributed by atoms with E-state index in [0.29, 0.717) is 6.42 Å². The topological polar surface area (TPSA) is 20.3 Å². The van der Waals surface area contributed by atoms with Crippen molar-refractivity contribution < 1.29 is 4.79 Å². The second-order valence-electron chi connectivity index (χ2n) is 4.59. The fraction of sp³-hybridized carbons (Fsp3) is 0.500.